The SMILES string of the molecule is Oc1ccc2c(c1)-c1ncccc1C2. The van der Waals surface area contributed by atoms with Gasteiger partial charge in [-0.15, -0.1) is 0 Å². The Kier molecular flexibility index (Phi) is 1.39. The number of phenols is 1. The molecule has 3 rings (SSSR count). The summed E-state index contributed by atoms with van der Waals surface area (Å²) >= 11 is 0. The number of rotatable bonds is 0. The summed E-state index contributed by atoms with van der Waals surface area (Å²) in [4.78, 5) is 4.33. The third kappa shape index (κ3) is 0.940. The Balaban J connectivity index is 2.30. The highest BCUT2D eigenvalue weighted by atomic mass is 16.3. The van der Waals surface area contributed by atoms with Crippen LogP contribution in [0.5, 0.6) is 5.75 Å². The third-order valence-corrected chi connectivity index (χ3v) is 2.62. The van der Waals surface area contributed by atoms with E-state index in [4.69, 9.17) is 0 Å². The van der Waals surface area contributed by atoms with Crippen molar-refractivity contribution in [3.8, 4) is 17.0 Å². The molecule has 1 aliphatic carbocycles. The second-order valence-electron chi connectivity index (χ2n) is 3.53. The van der Waals surface area contributed by atoms with Crippen molar-refractivity contribution in [1.82, 2.24) is 4.98 Å². The summed E-state index contributed by atoms with van der Waals surface area (Å²) in [5.41, 5.74) is 4.57. The predicted molar refractivity (Wildman–Crippen MR) is 54.1 cm³/mol. The molecule has 2 heteroatoms. The van der Waals surface area contributed by atoms with Crippen LogP contribution in [0.4, 0.5) is 0 Å². The van der Waals surface area contributed by atoms with Crippen LogP contribution >= 0.6 is 0 Å². The highest BCUT2D eigenvalue weighted by molar-refractivity contribution is 5.74. The molecular weight excluding hydrogens is 174 g/mol. The molecule has 68 valence electrons. The van der Waals surface area contributed by atoms with Crippen LogP contribution in [0.1, 0.15) is 11.1 Å². The lowest BCUT2D eigenvalue weighted by molar-refractivity contribution is 0.475. The van der Waals surface area contributed by atoms with Gasteiger partial charge in [-0.05, 0) is 29.3 Å². The minimum absolute atomic E-state index is 0.308. The zero-order valence-corrected chi connectivity index (χ0v) is 7.57. The molecule has 1 aromatic heterocycles. The van der Waals surface area contributed by atoms with Crippen LogP contribution in [0, 0.1) is 0 Å². The number of pyridine rings is 1. The van der Waals surface area contributed by atoms with Crippen LogP contribution in [0.25, 0.3) is 11.3 Å². The second kappa shape index (κ2) is 2.58. The first kappa shape index (κ1) is 7.56. The largest absolute Gasteiger partial charge is 0.508 e. The maximum atomic E-state index is 9.39. The molecule has 1 heterocycles. The van der Waals surface area contributed by atoms with E-state index >= 15 is 0 Å². The molecule has 0 fully saturated rings. The van der Waals surface area contributed by atoms with Gasteiger partial charge in [-0.2, -0.15) is 0 Å². The molecule has 2 nitrogen and oxygen atoms in total. The third-order valence-electron chi connectivity index (χ3n) is 2.62. The lowest BCUT2D eigenvalue weighted by Crippen LogP contribution is -1.81. The maximum absolute atomic E-state index is 9.39. The monoisotopic (exact) mass is 183 g/mol. The van der Waals surface area contributed by atoms with Crippen molar-refractivity contribution >= 4 is 0 Å². The Bertz CT molecular complexity index is 505. The van der Waals surface area contributed by atoms with E-state index in [9.17, 15) is 5.11 Å². The van der Waals surface area contributed by atoms with E-state index in [1.54, 1.807) is 18.3 Å². The lowest BCUT2D eigenvalue weighted by Gasteiger charge is -1.99. The normalized spacial score (nSPS) is 12.3. The fourth-order valence-corrected chi connectivity index (χ4v) is 1.97. The summed E-state index contributed by atoms with van der Waals surface area (Å²) in [5.74, 6) is 0.308. The Labute approximate surface area is 81.9 Å². The van der Waals surface area contributed by atoms with Gasteiger partial charge in [0.1, 0.15) is 5.75 Å². The quantitative estimate of drug-likeness (QED) is 0.580. The number of nitrogens with zero attached hydrogens (tertiary/aromatic N) is 1. The molecule has 0 unspecified atom stereocenters. The highest BCUT2D eigenvalue weighted by Crippen LogP contribution is 2.36. The second-order valence-corrected chi connectivity index (χ2v) is 3.53. The Morgan fingerprint density at radius 3 is 3.00 bits per heavy atom. The van der Waals surface area contributed by atoms with Gasteiger partial charge >= 0.3 is 0 Å². The number of aromatic nitrogens is 1. The summed E-state index contributed by atoms with van der Waals surface area (Å²) in [7, 11) is 0. The standard InChI is InChI=1S/C12H9NO/c14-10-4-3-8-6-9-2-1-5-13-12(9)11(8)7-10/h1-5,7,14H,6H2. The summed E-state index contributed by atoms with van der Waals surface area (Å²) in [6.45, 7) is 0. The summed E-state index contributed by atoms with van der Waals surface area (Å²) in [6, 6.07) is 9.51. The predicted octanol–water partition coefficient (Wildman–Crippen LogP) is 2.36. The molecule has 0 spiro atoms. The Morgan fingerprint density at radius 1 is 1.14 bits per heavy atom. The van der Waals surface area contributed by atoms with Gasteiger partial charge in [0, 0.05) is 18.2 Å². The molecule has 0 atom stereocenters. The van der Waals surface area contributed by atoms with Gasteiger partial charge in [0.2, 0.25) is 0 Å². The zero-order chi connectivity index (χ0) is 9.54. The highest BCUT2D eigenvalue weighted by Gasteiger charge is 2.18. The molecule has 1 aromatic carbocycles. The van der Waals surface area contributed by atoms with E-state index in [2.05, 4.69) is 11.1 Å². The van der Waals surface area contributed by atoms with Crippen LogP contribution in [-0.2, 0) is 6.42 Å². The first-order chi connectivity index (χ1) is 6.84. The van der Waals surface area contributed by atoms with Gasteiger partial charge in [-0.1, -0.05) is 12.1 Å². The molecule has 0 bridgehead atoms. The summed E-state index contributed by atoms with van der Waals surface area (Å²) in [5, 5.41) is 9.39. The van der Waals surface area contributed by atoms with Gasteiger partial charge < -0.3 is 5.11 Å². The van der Waals surface area contributed by atoms with Gasteiger partial charge in [-0.3, -0.25) is 4.98 Å². The number of benzene rings is 1. The van der Waals surface area contributed by atoms with Crippen molar-refractivity contribution in [2.75, 3.05) is 0 Å². The van der Waals surface area contributed by atoms with E-state index < -0.39 is 0 Å². The zero-order valence-electron chi connectivity index (χ0n) is 7.57. The molecule has 2 aromatic rings. The molecule has 0 aliphatic heterocycles. The van der Waals surface area contributed by atoms with Gasteiger partial charge in [0.25, 0.3) is 0 Å². The van der Waals surface area contributed by atoms with E-state index in [1.165, 1.54) is 11.1 Å². The van der Waals surface area contributed by atoms with Crippen molar-refractivity contribution in [2.24, 2.45) is 0 Å². The number of aromatic hydroxyl groups is 1. The topological polar surface area (TPSA) is 33.1 Å². The molecule has 1 N–H and O–H groups in total. The van der Waals surface area contributed by atoms with Crippen molar-refractivity contribution in [2.45, 2.75) is 6.42 Å². The van der Waals surface area contributed by atoms with Crippen molar-refractivity contribution in [3.63, 3.8) is 0 Å². The van der Waals surface area contributed by atoms with Crippen LogP contribution in [-0.4, -0.2) is 10.1 Å². The van der Waals surface area contributed by atoms with E-state index in [-0.39, 0.29) is 0 Å². The Hall–Kier alpha value is -1.83. The van der Waals surface area contributed by atoms with Gasteiger partial charge in [0.15, 0.2) is 0 Å². The van der Waals surface area contributed by atoms with Crippen LogP contribution < -0.4 is 0 Å². The summed E-state index contributed by atoms with van der Waals surface area (Å²) < 4.78 is 0. The molecule has 0 saturated carbocycles. The minimum atomic E-state index is 0.308. The lowest BCUT2D eigenvalue weighted by atomic mass is 10.1. The van der Waals surface area contributed by atoms with Gasteiger partial charge in [-0.25, -0.2) is 0 Å². The van der Waals surface area contributed by atoms with Crippen molar-refractivity contribution in [3.05, 3.63) is 47.7 Å². The number of fused-ring (bicyclic) bond motifs is 3. The van der Waals surface area contributed by atoms with E-state index in [1.807, 2.05) is 12.1 Å². The average molecular weight is 183 g/mol. The fraction of sp³-hybridized carbons (Fsp3) is 0.0833. The molecule has 1 aliphatic rings. The smallest absolute Gasteiger partial charge is 0.116 e. The Morgan fingerprint density at radius 2 is 2.07 bits per heavy atom. The number of phenolic OH excluding ortho intramolecular Hbond substituents is 1. The first-order valence-electron chi connectivity index (χ1n) is 4.61. The minimum Gasteiger partial charge on any atom is -0.508 e. The van der Waals surface area contributed by atoms with Crippen molar-refractivity contribution < 1.29 is 5.11 Å². The molecule has 0 amide bonds. The molecular formula is C12H9NO. The van der Waals surface area contributed by atoms with Crippen molar-refractivity contribution in [1.29, 1.82) is 0 Å². The molecule has 0 saturated heterocycles. The molecule has 0 radical (unpaired) electrons. The first-order valence-corrected chi connectivity index (χ1v) is 4.61. The van der Waals surface area contributed by atoms with Gasteiger partial charge in [0.05, 0.1) is 5.69 Å². The maximum Gasteiger partial charge on any atom is 0.116 e. The van der Waals surface area contributed by atoms with E-state index in [0.29, 0.717) is 5.75 Å². The fourth-order valence-electron chi connectivity index (χ4n) is 1.97. The number of hydrogen-bond acceptors (Lipinski definition) is 2. The van der Waals surface area contributed by atoms with Crippen LogP contribution in [0.3, 0.4) is 0 Å². The van der Waals surface area contributed by atoms with E-state index in [0.717, 1.165) is 17.7 Å². The number of hydrogen-bond donors (Lipinski definition) is 1. The van der Waals surface area contributed by atoms with Crippen LogP contribution in [0.2, 0.25) is 0 Å². The van der Waals surface area contributed by atoms with Crippen LogP contribution in [0.15, 0.2) is 36.5 Å². The summed E-state index contributed by atoms with van der Waals surface area (Å²) in [6.07, 6.45) is 2.72. The molecule has 14 heavy (non-hydrogen) atoms. The average Bonchev–Trinajstić information content (AvgIpc) is 2.56.